The van der Waals surface area contributed by atoms with Crippen LogP contribution < -0.4 is 5.32 Å². The van der Waals surface area contributed by atoms with Gasteiger partial charge in [0.05, 0.1) is 18.1 Å². The maximum atomic E-state index is 11.5. The highest BCUT2D eigenvalue weighted by Crippen LogP contribution is 2.04. The van der Waals surface area contributed by atoms with Gasteiger partial charge in [-0.15, -0.1) is 6.58 Å². The minimum Gasteiger partial charge on any atom is -0.355 e. The molecule has 17 heavy (non-hydrogen) atoms. The van der Waals surface area contributed by atoms with Crippen LogP contribution in [-0.2, 0) is 11.2 Å². The van der Waals surface area contributed by atoms with Crippen LogP contribution in [0.2, 0.25) is 0 Å². The minimum atomic E-state index is -0.00374. The lowest BCUT2D eigenvalue weighted by molar-refractivity contribution is -0.120. The van der Waals surface area contributed by atoms with Gasteiger partial charge in [0, 0.05) is 6.54 Å². The normalized spacial score (nSPS) is 9.41. The number of nitriles is 1. The predicted octanol–water partition coefficient (Wildman–Crippen LogP) is 2.18. The van der Waals surface area contributed by atoms with Gasteiger partial charge in [-0.3, -0.25) is 4.79 Å². The van der Waals surface area contributed by atoms with E-state index in [1.807, 2.05) is 13.0 Å². The first-order chi connectivity index (χ1) is 8.11. The van der Waals surface area contributed by atoms with Gasteiger partial charge < -0.3 is 5.32 Å². The molecule has 1 aromatic rings. The van der Waals surface area contributed by atoms with E-state index < -0.39 is 0 Å². The zero-order valence-corrected chi connectivity index (χ0v) is 9.99. The summed E-state index contributed by atoms with van der Waals surface area (Å²) in [5.41, 5.74) is 2.58. The monoisotopic (exact) mass is 228 g/mol. The number of nitrogens with zero attached hydrogens (tertiary/aromatic N) is 1. The first-order valence-electron chi connectivity index (χ1n) is 5.52. The van der Waals surface area contributed by atoms with Crippen LogP contribution in [0.3, 0.4) is 0 Å². The number of carbonyl (C=O) groups excluding carboxylic acids is 1. The van der Waals surface area contributed by atoms with Crippen LogP contribution in [0.4, 0.5) is 0 Å². The zero-order valence-electron chi connectivity index (χ0n) is 9.99. The van der Waals surface area contributed by atoms with Crippen molar-refractivity contribution in [2.45, 2.75) is 19.8 Å². The summed E-state index contributed by atoms with van der Waals surface area (Å²) in [7, 11) is 0. The lowest BCUT2D eigenvalue weighted by Crippen LogP contribution is -2.26. The molecule has 0 heterocycles. The van der Waals surface area contributed by atoms with Crippen LogP contribution >= 0.6 is 0 Å². The lowest BCUT2D eigenvalue weighted by atomic mass is 10.1. The van der Waals surface area contributed by atoms with Crippen molar-refractivity contribution in [2.75, 3.05) is 6.54 Å². The van der Waals surface area contributed by atoms with Crippen molar-refractivity contribution >= 4 is 5.91 Å². The molecule has 0 atom stereocenters. The van der Waals surface area contributed by atoms with Crippen molar-refractivity contribution in [2.24, 2.45) is 0 Å². The molecule has 0 saturated carbocycles. The molecule has 0 radical (unpaired) electrons. The summed E-state index contributed by atoms with van der Waals surface area (Å²) in [6.07, 6.45) is 1.15. The van der Waals surface area contributed by atoms with Crippen molar-refractivity contribution < 1.29 is 4.79 Å². The van der Waals surface area contributed by atoms with Gasteiger partial charge in [0.2, 0.25) is 5.91 Å². The molecule has 1 N–H and O–H groups in total. The lowest BCUT2D eigenvalue weighted by Gasteiger charge is -2.05. The molecule has 0 fully saturated rings. The average Bonchev–Trinajstić information content (AvgIpc) is 2.29. The fourth-order valence-corrected chi connectivity index (χ4v) is 1.36. The largest absolute Gasteiger partial charge is 0.355 e. The van der Waals surface area contributed by atoms with Gasteiger partial charge >= 0.3 is 0 Å². The molecule has 0 saturated heterocycles. The van der Waals surface area contributed by atoms with Crippen LogP contribution in [0.1, 0.15) is 24.5 Å². The third-order valence-electron chi connectivity index (χ3n) is 2.32. The SMILES string of the molecule is C=C(C)CCNC(=O)Cc1ccc(C#N)cc1. The molecule has 0 aromatic heterocycles. The Hall–Kier alpha value is -2.08. The molecule has 3 nitrogen and oxygen atoms in total. The van der Waals surface area contributed by atoms with E-state index in [0.717, 1.165) is 17.6 Å². The number of nitrogens with one attached hydrogen (secondary N) is 1. The van der Waals surface area contributed by atoms with Gasteiger partial charge in [-0.25, -0.2) is 0 Å². The molecule has 0 aliphatic carbocycles. The quantitative estimate of drug-likeness (QED) is 0.785. The Balaban J connectivity index is 2.40. The molecule has 1 rings (SSSR count). The van der Waals surface area contributed by atoms with Gasteiger partial charge in [-0.1, -0.05) is 17.7 Å². The summed E-state index contributed by atoms with van der Waals surface area (Å²) in [6.45, 7) is 6.34. The second kappa shape index (κ2) is 6.49. The highest BCUT2D eigenvalue weighted by Gasteiger charge is 2.02. The average molecular weight is 228 g/mol. The number of hydrogen-bond acceptors (Lipinski definition) is 2. The van der Waals surface area contributed by atoms with Crippen molar-refractivity contribution in [1.82, 2.24) is 5.32 Å². The molecule has 1 amide bonds. The Bertz CT molecular complexity index is 440. The van der Waals surface area contributed by atoms with Crippen molar-refractivity contribution in [3.63, 3.8) is 0 Å². The van der Waals surface area contributed by atoms with E-state index >= 15 is 0 Å². The molecule has 0 spiro atoms. The van der Waals surface area contributed by atoms with E-state index in [9.17, 15) is 4.79 Å². The maximum absolute atomic E-state index is 11.5. The third kappa shape index (κ3) is 4.98. The standard InChI is InChI=1S/C14H16N2O/c1-11(2)7-8-16-14(17)9-12-3-5-13(10-15)6-4-12/h3-6H,1,7-9H2,2H3,(H,16,17). The van der Waals surface area contributed by atoms with E-state index in [0.29, 0.717) is 18.5 Å². The first kappa shape index (κ1) is 13.0. The topological polar surface area (TPSA) is 52.9 Å². The summed E-state index contributed by atoms with van der Waals surface area (Å²) < 4.78 is 0. The van der Waals surface area contributed by atoms with E-state index in [4.69, 9.17) is 5.26 Å². The Labute approximate surface area is 102 Å². The highest BCUT2D eigenvalue weighted by atomic mass is 16.1. The van der Waals surface area contributed by atoms with Crippen molar-refractivity contribution in [3.8, 4) is 6.07 Å². The summed E-state index contributed by atoms with van der Waals surface area (Å²) >= 11 is 0. The molecule has 1 aromatic carbocycles. The van der Waals surface area contributed by atoms with Crippen molar-refractivity contribution in [3.05, 3.63) is 47.5 Å². The smallest absolute Gasteiger partial charge is 0.224 e. The van der Waals surface area contributed by atoms with Crippen LogP contribution in [0.15, 0.2) is 36.4 Å². The Kier molecular flexibility index (Phi) is 4.96. The van der Waals surface area contributed by atoms with Gasteiger partial charge in [0.1, 0.15) is 0 Å². The number of benzene rings is 1. The first-order valence-corrected chi connectivity index (χ1v) is 5.52. The van der Waals surface area contributed by atoms with Crippen LogP contribution in [0.5, 0.6) is 0 Å². The van der Waals surface area contributed by atoms with E-state index in [1.54, 1.807) is 24.3 Å². The fraction of sp³-hybridized carbons (Fsp3) is 0.286. The number of hydrogen-bond donors (Lipinski definition) is 1. The van der Waals surface area contributed by atoms with Gasteiger partial charge in [-0.2, -0.15) is 5.26 Å². The van der Waals surface area contributed by atoms with Gasteiger partial charge in [0.15, 0.2) is 0 Å². The predicted molar refractivity (Wildman–Crippen MR) is 67.3 cm³/mol. The molecule has 3 heteroatoms. The number of amides is 1. The summed E-state index contributed by atoms with van der Waals surface area (Å²) in [6, 6.07) is 9.09. The Morgan fingerprint density at radius 1 is 1.41 bits per heavy atom. The van der Waals surface area contributed by atoms with E-state index in [1.165, 1.54) is 0 Å². The molecule has 0 aliphatic rings. The number of rotatable bonds is 5. The number of carbonyl (C=O) groups is 1. The molecule has 0 unspecified atom stereocenters. The summed E-state index contributed by atoms with van der Waals surface area (Å²) in [4.78, 5) is 11.5. The Morgan fingerprint density at radius 2 is 2.06 bits per heavy atom. The van der Waals surface area contributed by atoms with Gasteiger partial charge in [0.25, 0.3) is 0 Å². The minimum absolute atomic E-state index is 0.00374. The Morgan fingerprint density at radius 3 is 2.59 bits per heavy atom. The molecule has 0 bridgehead atoms. The maximum Gasteiger partial charge on any atom is 0.224 e. The van der Waals surface area contributed by atoms with Crippen LogP contribution in [0.25, 0.3) is 0 Å². The molecule has 88 valence electrons. The van der Waals surface area contributed by atoms with Crippen molar-refractivity contribution in [1.29, 1.82) is 5.26 Å². The molecular formula is C14H16N2O. The second-order valence-corrected chi connectivity index (χ2v) is 4.04. The zero-order chi connectivity index (χ0) is 12.7. The van der Waals surface area contributed by atoms with Crippen LogP contribution in [0, 0.1) is 11.3 Å². The highest BCUT2D eigenvalue weighted by molar-refractivity contribution is 5.78. The summed E-state index contributed by atoms with van der Waals surface area (Å²) in [5, 5.41) is 11.5. The van der Waals surface area contributed by atoms with E-state index in [2.05, 4.69) is 11.9 Å². The summed E-state index contributed by atoms with van der Waals surface area (Å²) in [5.74, 6) is -0.00374. The second-order valence-electron chi connectivity index (χ2n) is 4.04. The fourth-order valence-electron chi connectivity index (χ4n) is 1.36. The molecule has 0 aliphatic heterocycles. The van der Waals surface area contributed by atoms with E-state index in [-0.39, 0.29) is 5.91 Å². The third-order valence-corrected chi connectivity index (χ3v) is 2.32. The molecular weight excluding hydrogens is 212 g/mol. The van der Waals surface area contributed by atoms with Crippen LogP contribution in [-0.4, -0.2) is 12.5 Å². The van der Waals surface area contributed by atoms with Gasteiger partial charge in [-0.05, 0) is 31.0 Å².